The molecule has 0 bridgehead atoms. The molecule has 6 rings (SSSR count). The quantitative estimate of drug-likeness (QED) is 0.112. The van der Waals surface area contributed by atoms with Gasteiger partial charge in [-0.3, -0.25) is 33.9 Å². The van der Waals surface area contributed by atoms with E-state index in [0.717, 1.165) is 32.5 Å². The number of aromatic nitrogens is 1. The lowest BCUT2D eigenvalue weighted by Gasteiger charge is -2.30. The number of nitro groups is 1. The van der Waals surface area contributed by atoms with Crippen molar-refractivity contribution in [1.29, 1.82) is 0 Å². The highest BCUT2D eigenvalue weighted by Crippen LogP contribution is 2.54. The predicted octanol–water partition coefficient (Wildman–Crippen LogP) is 5.19. The molecule has 0 spiro atoms. The fourth-order valence-corrected chi connectivity index (χ4v) is 8.55. The summed E-state index contributed by atoms with van der Waals surface area (Å²) in [5.74, 6) is -3.51. The van der Waals surface area contributed by atoms with Crippen molar-refractivity contribution in [2.75, 3.05) is 16.8 Å². The highest BCUT2D eigenvalue weighted by atomic mass is 79.9. The van der Waals surface area contributed by atoms with E-state index in [1.54, 1.807) is 19.1 Å². The van der Waals surface area contributed by atoms with E-state index >= 15 is 0 Å². The number of hydrogen-bond acceptors (Lipinski definition) is 10. The third kappa shape index (κ3) is 5.76. The molecule has 15 heteroatoms. The number of nitro benzene ring substituents is 1. The van der Waals surface area contributed by atoms with Crippen LogP contribution in [0, 0.1) is 16.0 Å². The zero-order chi connectivity index (χ0) is 32.7. The minimum absolute atomic E-state index is 0.179. The Balaban J connectivity index is 1.33. The van der Waals surface area contributed by atoms with E-state index < -0.39 is 50.6 Å². The van der Waals surface area contributed by atoms with E-state index in [1.807, 2.05) is 24.3 Å². The molecule has 0 radical (unpaired) electrons. The number of rotatable bonds is 8. The number of thioether (sulfide) groups is 1. The van der Waals surface area contributed by atoms with Gasteiger partial charge >= 0.3 is 10.8 Å². The molecular weight excluding hydrogens is 700 g/mol. The van der Waals surface area contributed by atoms with Crippen LogP contribution in [0.3, 0.4) is 0 Å². The van der Waals surface area contributed by atoms with E-state index in [2.05, 4.69) is 21.2 Å². The van der Waals surface area contributed by atoms with Gasteiger partial charge in [-0.05, 0) is 61.0 Å². The smallest absolute Gasteiger partial charge is 0.338 e. The van der Waals surface area contributed by atoms with Crippen LogP contribution in [0.1, 0.15) is 33.6 Å². The predicted molar refractivity (Wildman–Crippen MR) is 174 cm³/mol. The van der Waals surface area contributed by atoms with E-state index in [4.69, 9.17) is 4.74 Å². The number of hydrogen-bond donors (Lipinski definition) is 1. The molecule has 1 saturated heterocycles. The number of halogens is 1. The molecular formula is C31H23BrN4O8S2. The lowest BCUT2D eigenvalue weighted by atomic mass is 9.83. The number of anilines is 2. The van der Waals surface area contributed by atoms with Crippen molar-refractivity contribution in [3.8, 4) is 0 Å². The Kier molecular flexibility index (Phi) is 8.63. The molecule has 3 atom stereocenters. The summed E-state index contributed by atoms with van der Waals surface area (Å²) < 4.78 is 7.09. The van der Waals surface area contributed by atoms with Gasteiger partial charge < -0.3 is 10.1 Å². The summed E-state index contributed by atoms with van der Waals surface area (Å²) in [6.07, 6.45) is 0. The highest BCUT2D eigenvalue weighted by Gasteiger charge is 2.56. The number of fused-ring (bicyclic) bond motifs is 2. The second kappa shape index (κ2) is 12.7. The molecule has 1 fully saturated rings. The van der Waals surface area contributed by atoms with Crippen molar-refractivity contribution in [1.82, 2.24) is 4.57 Å². The lowest BCUT2D eigenvalue weighted by molar-refractivity contribution is -0.384. The number of ether oxygens (including phenoxy) is 1. The van der Waals surface area contributed by atoms with Gasteiger partial charge in [0, 0.05) is 33.1 Å². The van der Waals surface area contributed by atoms with Crippen molar-refractivity contribution < 1.29 is 28.8 Å². The molecule has 46 heavy (non-hydrogen) atoms. The zero-order valence-corrected chi connectivity index (χ0v) is 27.1. The fraction of sp³-hybridized carbons (Fsp3) is 0.194. The number of thiazole rings is 1. The first-order chi connectivity index (χ1) is 22.1. The number of carbonyl (C=O) groups is 4. The topological polar surface area (TPSA) is 158 Å². The molecule has 0 saturated carbocycles. The third-order valence-corrected chi connectivity index (χ3v) is 10.7. The molecule has 3 amide bonds. The average Bonchev–Trinajstić information content (AvgIpc) is 3.48. The van der Waals surface area contributed by atoms with Gasteiger partial charge in [0.25, 0.3) is 5.69 Å². The maximum Gasteiger partial charge on any atom is 0.338 e. The van der Waals surface area contributed by atoms with Gasteiger partial charge in [0.05, 0.1) is 33.7 Å². The summed E-state index contributed by atoms with van der Waals surface area (Å²) in [6.45, 7) is 1.58. The molecule has 0 unspecified atom stereocenters. The number of carbonyl (C=O) groups excluding carboxylic acids is 4. The standard InChI is InChI=1S/C31H23BrN4O8S2/c1-2-44-30(40)17-5-9-19(10-6-17)33-22(37)15-34-29-26(46-31(34)41)23(16-3-7-18(32)8-4-16)24-25(45-29)28(39)35(27(24)38)20-11-13-21(14-12-20)36(42)43/h3-14,23-25H,2,15H2,1H3,(H,33,37)/t23-,24-,25+/m0/s1. The summed E-state index contributed by atoms with van der Waals surface area (Å²) >= 11 is 5.41. The van der Waals surface area contributed by atoms with E-state index in [0.29, 0.717) is 26.7 Å². The summed E-state index contributed by atoms with van der Waals surface area (Å²) in [5.41, 5.74) is 1.48. The third-order valence-electron chi connectivity index (χ3n) is 7.58. The van der Waals surface area contributed by atoms with Crippen molar-refractivity contribution in [2.45, 2.75) is 29.7 Å². The van der Waals surface area contributed by atoms with Gasteiger partial charge in [0.15, 0.2) is 0 Å². The average molecular weight is 724 g/mol. The van der Waals surface area contributed by atoms with Crippen molar-refractivity contribution in [3.63, 3.8) is 0 Å². The second-order valence-electron chi connectivity index (χ2n) is 10.3. The Hall–Kier alpha value is -4.60. The monoisotopic (exact) mass is 722 g/mol. The summed E-state index contributed by atoms with van der Waals surface area (Å²) in [4.78, 5) is 78.1. The summed E-state index contributed by atoms with van der Waals surface area (Å²) in [5, 5.41) is 13.4. The number of nitrogens with zero attached hydrogens (tertiary/aromatic N) is 3. The molecule has 234 valence electrons. The van der Waals surface area contributed by atoms with E-state index in [1.165, 1.54) is 41.0 Å². The van der Waals surface area contributed by atoms with Crippen molar-refractivity contribution >= 4 is 79.8 Å². The number of non-ortho nitro benzene ring substituents is 1. The van der Waals surface area contributed by atoms with Crippen molar-refractivity contribution in [2.24, 2.45) is 5.92 Å². The highest BCUT2D eigenvalue weighted by molar-refractivity contribution is 9.10. The SMILES string of the molecule is CCOC(=O)c1ccc(NC(=O)Cn2c3c(sc2=O)[C@@H](c2ccc(Br)cc2)[C@@H]2C(=O)N(c4ccc([N+](=O)[O-])cc4)C(=O)[C@@H]2S3)cc1. The Bertz CT molecular complexity index is 1940. The fourth-order valence-electron chi connectivity index (χ4n) is 5.51. The molecule has 2 aliphatic heterocycles. The molecule has 2 aliphatic rings. The van der Waals surface area contributed by atoms with Gasteiger partial charge in [-0.15, -0.1) is 0 Å². The second-order valence-corrected chi connectivity index (χ2v) is 13.4. The van der Waals surface area contributed by atoms with Crippen LogP contribution in [0.15, 0.2) is 87.1 Å². The largest absolute Gasteiger partial charge is 0.462 e. The number of benzene rings is 3. The number of nitrogens with one attached hydrogen (secondary N) is 1. The Labute approximate surface area is 277 Å². The minimum atomic E-state index is -0.914. The minimum Gasteiger partial charge on any atom is -0.462 e. The van der Waals surface area contributed by atoms with Crippen LogP contribution < -0.4 is 15.1 Å². The van der Waals surface area contributed by atoms with E-state index in [9.17, 15) is 34.1 Å². The lowest BCUT2D eigenvalue weighted by Crippen LogP contribution is -2.33. The van der Waals surface area contributed by atoms with Crippen molar-refractivity contribution in [3.05, 3.63) is 113 Å². The van der Waals surface area contributed by atoms with Crippen LogP contribution in [0.5, 0.6) is 0 Å². The summed E-state index contributed by atoms with van der Waals surface area (Å²) in [6, 6.07) is 18.6. The first-order valence-corrected chi connectivity index (χ1v) is 16.4. The van der Waals surface area contributed by atoms with Gasteiger partial charge in [-0.25, -0.2) is 9.69 Å². The Morgan fingerprint density at radius 3 is 2.28 bits per heavy atom. The van der Waals surface area contributed by atoms with Crippen LogP contribution in [0.4, 0.5) is 17.1 Å². The van der Waals surface area contributed by atoms with Gasteiger partial charge in [0.2, 0.25) is 17.7 Å². The van der Waals surface area contributed by atoms with Gasteiger partial charge in [-0.1, -0.05) is 51.2 Å². The first-order valence-electron chi connectivity index (χ1n) is 13.9. The molecule has 12 nitrogen and oxygen atoms in total. The number of esters is 1. The van der Waals surface area contributed by atoms with Crippen LogP contribution in [0.2, 0.25) is 0 Å². The van der Waals surface area contributed by atoms with Crippen LogP contribution in [-0.4, -0.2) is 45.0 Å². The molecule has 1 aromatic heterocycles. The molecule has 0 aliphatic carbocycles. The Morgan fingerprint density at radius 1 is 0.978 bits per heavy atom. The van der Waals surface area contributed by atoms with E-state index in [-0.39, 0.29) is 24.5 Å². The Morgan fingerprint density at radius 2 is 1.65 bits per heavy atom. The van der Waals surface area contributed by atoms with Gasteiger partial charge in [-0.2, -0.15) is 0 Å². The molecule has 3 aromatic carbocycles. The normalized spacial score (nSPS) is 18.6. The van der Waals surface area contributed by atoms with Crippen LogP contribution >= 0.6 is 39.0 Å². The zero-order valence-electron chi connectivity index (χ0n) is 23.9. The maximum atomic E-state index is 14.0. The molecule has 4 aromatic rings. The maximum absolute atomic E-state index is 14.0. The molecule has 3 heterocycles. The van der Waals surface area contributed by atoms with Crippen LogP contribution in [0.25, 0.3) is 0 Å². The number of amides is 3. The van der Waals surface area contributed by atoms with Gasteiger partial charge in [0.1, 0.15) is 11.8 Å². The molecule has 1 N–H and O–H groups in total. The van der Waals surface area contributed by atoms with Crippen LogP contribution in [-0.2, 0) is 25.7 Å². The number of imide groups is 1. The first kappa shape index (κ1) is 31.4. The summed E-state index contributed by atoms with van der Waals surface area (Å²) in [7, 11) is 0.